The number of benzene rings is 1. The third-order valence-corrected chi connectivity index (χ3v) is 4.72. The highest BCUT2D eigenvalue weighted by molar-refractivity contribution is 5.43. The van der Waals surface area contributed by atoms with Crippen molar-refractivity contribution >= 4 is 0 Å². The maximum absolute atomic E-state index is 5.97. The zero-order chi connectivity index (χ0) is 16.6. The average Bonchev–Trinajstić information content (AvgIpc) is 3.14. The molecule has 0 N–H and O–H groups in total. The van der Waals surface area contributed by atoms with Gasteiger partial charge in [0.1, 0.15) is 6.61 Å². The summed E-state index contributed by atoms with van der Waals surface area (Å²) < 4.78 is 22.4. The van der Waals surface area contributed by atoms with Gasteiger partial charge in [0.2, 0.25) is 0 Å². The van der Waals surface area contributed by atoms with E-state index in [0.29, 0.717) is 6.61 Å². The molecule has 134 valence electrons. The second kappa shape index (κ2) is 9.25. The molecule has 2 heterocycles. The summed E-state index contributed by atoms with van der Waals surface area (Å²) in [6.45, 7) is 6.42. The smallest absolute Gasteiger partial charge is 0.161 e. The van der Waals surface area contributed by atoms with Crippen LogP contribution in [0.3, 0.4) is 0 Å². The zero-order valence-electron chi connectivity index (χ0n) is 14.7. The molecule has 1 atom stereocenters. The van der Waals surface area contributed by atoms with Crippen LogP contribution in [0.2, 0.25) is 0 Å². The minimum absolute atomic E-state index is 0.222. The summed E-state index contributed by atoms with van der Waals surface area (Å²) in [5.41, 5.74) is 1.30. The zero-order valence-corrected chi connectivity index (χ0v) is 14.7. The minimum Gasteiger partial charge on any atom is -0.493 e. The highest BCUT2D eigenvalue weighted by Crippen LogP contribution is 2.29. The van der Waals surface area contributed by atoms with Gasteiger partial charge in [0.05, 0.1) is 26.4 Å². The number of hydrogen-bond acceptors (Lipinski definition) is 5. The molecular weight excluding hydrogens is 306 g/mol. The van der Waals surface area contributed by atoms with Crippen molar-refractivity contribution in [3.63, 3.8) is 0 Å². The van der Waals surface area contributed by atoms with E-state index in [1.807, 2.05) is 6.07 Å². The van der Waals surface area contributed by atoms with E-state index in [9.17, 15) is 0 Å². The van der Waals surface area contributed by atoms with Crippen molar-refractivity contribution in [3.05, 3.63) is 23.8 Å². The van der Waals surface area contributed by atoms with E-state index in [4.69, 9.17) is 18.9 Å². The first-order chi connectivity index (χ1) is 11.8. The monoisotopic (exact) mass is 335 g/mol. The van der Waals surface area contributed by atoms with Gasteiger partial charge in [-0.05, 0) is 49.9 Å². The van der Waals surface area contributed by atoms with Gasteiger partial charge in [-0.2, -0.15) is 0 Å². The number of hydrogen-bond donors (Lipinski definition) is 0. The molecule has 0 aromatic heterocycles. The second-order valence-electron chi connectivity index (χ2n) is 6.49. The highest BCUT2D eigenvalue weighted by atomic mass is 16.5. The van der Waals surface area contributed by atoms with E-state index in [1.165, 1.54) is 5.56 Å². The summed E-state index contributed by atoms with van der Waals surface area (Å²) in [7, 11) is 1.69. The average molecular weight is 335 g/mol. The fourth-order valence-electron chi connectivity index (χ4n) is 3.28. The number of rotatable bonds is 8. The molecule has 5 nitrogen and oxygen atoms in total. The predicted octanol–water partition coefficient (Wildman–Crippen LogP) is 2.52. The Morgan fingerprint density at radius 1 is 1.17 bits per heavy atom. The van der Waals surface area contributed by atoms with E-state index in [-0.39, 0.29) is 6.10 Å². The second-order valence-corrected chi connectivity index (χ2v) is 6.49. The predicted molar refractivity (Wildman–Crippen MR) is 93.0 cm³/mol. The Bertz CT molecular complexity index is 496. The highest BCUT2D eigenvalue weighted by Gasteiger charge is 2.17. The van der Waals surface area contributed by atoms with Crippen molar-refractivity contribution in [2.24, 2.45) is 0 Å². The molecule has 0 saturated carbocycles. The summed E-state index contributed by atoms with van der Waals surface area (Å²) in [5.74, 6) is 1.63. The first-order valence-electron chi connectivity index (χ1n) is 9.06. The number of methoxy groups -OCH3 is 1. The van der Waals surface area contributed by atoms with Gasteiger partial charge in [0.15, 0.2) is 11.5 Å². The number of nitrogens with zero attached hydrogens (tertiary/aromatic N) is 1. The minimum atomic E-state index is 0.222. The molecule has 24 heavy (non-hydrogen) atoms. The van der Waals surface area contributed by atoms with Crippen molar-refractivity contribution in [1.29, 1.82) is 0 Å². The molecule has 0 radical (unpaired) electrons. The summed E-state index contributed by atoms with van der Waals surface area (Å²) >= 11 is 0. The number of ether oxygens (including phenoxy) is 4. The van der Waals surface area contributed by atoms with E-state index in [0.717, 1.165) is 76.6 Å². The van der Waals surface area contributed by atoms with Crippen molar-refractivity contribution in [3.8, 4) is 11.5 Å². The van der Waals surface area contributed by atoms with Crippen LogP contribution < -0.4 is 9.47 Å². The lowest BCUT2D eigenvalue weighted by molar-refractivity contribution is 0.0374. The summed E-state index contributed by atoms with van der Waals surface area (Å²) in [4.78, 5) is 2.47. The molecule has 3 rings (SSSR count). The molecule has 2 fully saturated rings. The van der Waals surface area contributed by atoms with Gasteiger partial charge in [-0.25, -0.2) is 0 Å². The van der Waals surface area contributed by atoms with Crippen LogP contribution in [0.5, 0.6) is 11.5 Å². The third kappa shape index (κ3) is 5.10. The topological polar surface area (TPSA) is 40.2 Å². The van der Waals surface area contributed by atoms with Gasteiger partial charge >= 0.3 is 0 Å². The Kier molecular flexibility index (Phi) is 6.75. The van der Waals surface area contributed by atoms with Gasteiger partial charge in [-0.1, -0.05) is 6.07 Å². The Balaban J connectivity index is 1.50. The van der Waals surface area contributed by atoms with Gasteiger partial charge in [-0.3, -0.25) is 4.90 Å². The summed E-state index contributed by atoms with van der Waals surface area (Å²) in [5, 5.41) is 0. The molecular formula is C19H29NO4. The fraction of sp³-hybridized carbons (Fsp3) is 0.684. The summed E-state index contributed by atoms with van der Waals surface area (Å²) in [6, 6.07) is 6.26. The number of morpholine rings is 1. The lowest BCUT2D eigenvalue weighted by atomic mass is 10.1. The van der Waals surface area contributed by atoms with Crippen molar-refractivity contribution < 1.29 is 18.9 Å². The van der Waals surface area contributed by atoms with Gasteiger partial charge < -0.3 is 18.9 Å². The summed E-state index contributed by atoms with van der Waals surface area (Å²) in [6.07, 6.45) is 4.64. The molecule has 0 spiro atoms. The first-order valence-corrected chi connectivity index (χ1v) is 9.06. The van der Waals surface area contributed by atoms with E-state index in [1.54, 1.807) is 7.11 Å². The maximum Gasteiger partial charge on any atom is 0.161 e. The van der Waals surface area contributed by atoms with Gasteiger partial charge in [-0.15, -0.1) is 0 Å². The SMILES string of the molecule is COc1ccc(CCCN2CCOCC2)cc1OCC1CCCO1. The molecule has 5 heteroatoms. The van der Waals surface area contributed by atoms with Crippen LogP contribution in [0.25, 0.3) is 0 Å². The van der Waals surface area contributed by atoms with E-state index >= 15 is 0 Å². The van der Waals surface area contributed by atoms with Crippen molar-refractivity contribution in [1.82, 2.24) is 4.90 Å². The molecule has 0 bridgehead atoms. The van der Waals surface area contributed by atoms with Crippen molar-refractivity contribution in [2.75, 3.05) is 53.2 Å². The largest absolute Gasteiger partial charge is 0.493 e. The third-order valence-electron chi connectivity index (χ3n) is 4.72. The van der Waals surface area contributed by atoms with E-state index in [2.05, 4.69) is 17.0 Å². The van der Waals surface area contributed by atoms with E-state index < -0.39 is 0 Å². The molecule has 1 unspecified atom stereocenters. The molecule has 1 aromatic carbocycles. The van der Waals surface area contributed by atoms with Crippen LogP contribution in [-0.2, 0) is 15.9 Å². The normalized spacial score (nSPS) is 21.8. The Labute approximate surface area is 144 Å². The van der Waals surface area contributed by atoms with Gasteiger partial charge in [0.25, 0.3) is 0 Å². The van der Waals surface area contributed by atoms with Crippen molar-refractivity contribution in [2.45, 2.75) is 31.8 Å². The van der Waals surface area contributed by atoms with Crippen LogP contribution in [-0.4, -0.2) is 64.2 Å². The Morgan fingerprint density at radius 2 is 2.04 bits per heavy atom. The van der Waals surface area contributed by atoms with Gasteiger partial charge in [0, 0.05) is 19.7 Å². The standard InChI is InChI=1S/C19H29NO4/c1-21-18-7-6-16(4-2-8-20-9-12-22-13-10-20)14-19(18)24-15-17-5-3-11-23-17/h6-7,14,17H,2-5,8-13,15H2,1H3. The number of aryl methyl sites for hydroxylation is 1. The molecule has 0 aliphatic carbocycles. The van der Waals surface area contributed by atoms with Crippen LogP contribution in [0.15, 0.2) is 18.2 Å². The molecule has 1 aromatic rings. The molecule has 2 aliphatic rings. The lowest BCUT2D eigenvalue weighted by Crippen LogP contribution is -2.36. The molecule has 0 amide bonds. The first kappa shape index (κ1) is 17.5. The van der Waals surface area contributed by atoms with Crippen LogP contribution >= 0.6 is 0 Å². The quantitative estimate of drug-likeness (QED) is 0.730. The Hall–Kier alpha value is -1.30. The molecule has 2 saturated heterocycles. The van der Waals surface area contributed by atoms with Crippen LogP contribution in [0.1, 0.15) is 24.8 Å². The van der Waals surface area contributed by atoms with Crippen LogP contribution in [0.4, 0.5) is 0 Å². The lowest BCUT2D eigenvalue weighted by Gasteiger charge is -2.26. The van der Waals surface area contributed by atoms with Crippen LogP contribution in [0, 0.1) is 0 Å². The fourth-order valence-corrected chi connectivity index (χ4v) is 3.28. The maximum atomic E-state index is 5.97. The molecule has 2 aliphatic heterocycles. The Morgan fingerprint density at radius 3 is 2.79 bits per heavy atom.